The maximum atomic E-state index is 11.3. The van der Waals surface area contributed by atoms with Crippen molar-refractivity contribution in [2.24, 2.45) is 0 Å². The minimum atomic E-state index is -0.588. The number of rotatable bonds is 3. The number of aromatic nitrogens is 1. The zero-order valence-electron chi connectivity index (χ0n) is 11.9. The van der Waals surface area contributed by atoms with E-state index in [4.69, 9.17) is 0 Å². The zero-order valence-corrected chi connectivity index (χ0v) is 12.7. The SMILES string of the molecule is O=S1CCC(Nc2ccc(N3CCCCC3)nc2)CC1. The molecule has 110 valence electrons. The number of nitrogens with zero attached hydrogens (tertiary/aromatic N) is 2. The molecule has 0 atom stereocenters. The quantitative estimate of drug-likeness (QED) is 0.929. The van der Waals surface area contributed by atoms with E-state index in [-0.39, 0.29) is 0 Å². The summed E-state index contributed by atoms with van der Waals surface area (Å²) in [7, 11) is -0.588. The van der Waals surface area contributed by atoms with Gasteiger partial charge in [0.25, 0.3) is 0 Å². The lowest BCUT2D eigenvalue weighted by atomic mass is 10.1. The highest BCUT2D eigenvalue weighted by atomic mass is 32.2. The molecule has 2 saturated heterocycles. The van der Waals surface area contributed by atoms with Crippen LogP contribution in [0, 0.1) is 0 Å². The van der Waals surface area contributed by atoms with Crippen LogP contribution in [-0.2, 0) is 10.8 Å². The van der Waals surface area contributed by atoms with Gasteiger partial charge in [-0.2, -0.15) is 0 Å². The largest absolute Gasteiger partial charge is 0.381 e. The van der Waals surface area contributed by atoms with E-state index in [1.54, 1.807) is 0 Å². The summed E-state index contributed by atoms with van der Waals surface area (Å²) in [6.07, 6.45) is 7.84. The predicted octanol–water partition coefficient (Wildman–Crippen LogP) is 2.39. The minimum Gasteiger partial charge on any atom is -0.381 e. The summed E-state index contributed by atoms with van der Waals surface area (Å²) in [5.41, 5.74) is 1.09. The minimum absolute atomic E-state index is 0.454. The molecule has 20 heavy (non-hydrogen) atoms. The molecule has 2 fully saturated rings. The Kier molecular flexibility index (Phi) is 4.55. The lowest BCUT2D eigenvalue weighted by Gasteiger charge is -2.28. The molecule has 2 aliphatic heterocycles. The van der Waals surface area contributed by atoms with E-state index in [1.165, 1.54) is 19.3 Å². The Balaban J connectivity index is 1.57. The second kappa shape index (κ2) is 6.57. The van der Waals surface area contributed by atoms with E-state index < -0.39 is 10.8 Å². The molecule has 0 aliphatic carbocycles. The molecule has 0 amide bonds. The lowest BCUT2D eigenvalue weighted by Crippen LogP contribution is -2.30. The first-order valence-corrected chi connectivity index (χ1v) is 9.12. The van der Waals surface area contributed by atoms with Crippen molar-refractivity contribution in [2.75, 3.05) is 34.8 Å². The molecule has 0 bridgehead atoms. The van der Waals surface area contributed by atoms with Crippen LogP contribution in [0.15, 0.2) is 18.3 Å². The fourth-order valence-corrected chi connectivity index (χ4v) is 4.25. The zero-order chi connectivity index (χ0) is 13.8. The van der Waals surface area contributed by atoms with Gasteiger partial charge >= 0.3 is 0 Å². The smallest absolute Gasteiger partial charge is 0.128 e. The lowest BCUT2D eigenvalue weighted by molar-refractivity contribution is 0.573. The summed E-state index contributed by atoms with van der Waals surface area (Å²) in [6.45, 7) is 2.27. The van der Waals surface area contributed by atoms with E-state index in [0.717, 1.165) is 48.9 Å². The number of pyridine rings is 1. The first-order chi connectivity index (χ1) is 9.81. The molecule has 0 saturated carbocycles. The van der Waals surface area contributed by atoms with Crippen molar-refractivity contribution in [3.05, 3.63) is 18.3 Å². The van der Waals surface area contributed by atoms with E-state index >= 15 is 0 Å². The fourth-order valence-electron chi connectivity index (χ4n) is 2.96. The van der Waals surface area contributed by atoms with Crippen molar-refractivity contribution < 1.29 is 4.21 Å². The summed E-state index contributed by atoms with van der Waals surface area (Å²) >= 11 is 0. The van der Waals surface area contributed by atoms with Crippen LogP contribution < -0.4 is 10.2 Å². The Labute approximate surface area is 123 Å². The van der Waals surface area contributed by atoms with Crippen molar-refractivity contribution in [1.82, 2.24) is 4.98 Å². The molecule has 5 heteroatoms. The molecule has 2 aliphatic rings. The Morgan fingerprint density at radius 1 is 1.15 bits per heavy atom. The van der Waals surface area contributed by atoms with Crippen molar-refractivity contribution in [3.8, 4) is 0 Å². The highest BCUT2D eigenvalue weighted by Crippen LogP contribution is 2.20. The van der Waals surface area contributed by atoms with Crippen LogP contribution in [0.3, 0.4) is 0 Å². The average molecular weight is 293 g/mol. The Hall–Kier alpha value is -1.10. The average Bonchev–Trinajstić information content (AvgIpc) is 2.51. The summed E-state index contributed by atoms with van der Waals surface area (Å²) in [4.78, 5) is 6.96. The van der Waals surface area contributed by atoms with Crippen molar-refractivity contribution in [2.45, 2.75) is 38.1 Å². The van der Waals surface area contributed by atoms with Gasteiger partial charge in [0.15, 0.2) is 0 Å². The monoisotopic (exact) mass is 293 g/mol. The molecular formula is C15H23N3OS. The highest BCUT2D eigenvalue weighted by molar-refractivity contribution is 7.85. The van der Waals surface area contributed by atoms with Gasteiger partial charge in [-0.25, -0.2) is 4.98 Å². The summed E-state index contributed by atoms with van der Waals surface area (Å²) in [5, 5.41) is 3.52. The predicted molar refractivity (Wildman–Crippen MR) is 84.8 cm³/mol. The van der Waals surface area contributed by atoms with E-state index in [0.29, 0.717) is 6.04 Å². The molecule has 4 nitrogen and oxygen atoms in total. The van der Waals surface area contributed by atoms with Crippen LogP contribution >= 0.6 is 0 Å². The van der Waals surface area contributed by atoms with Crippen LogP contribution in [0.5, 0.6) is 0 Å². The number of anilines is 2. The molecule has 3 rings (SSSR count). The molecule has 0 spiro atoms. The second-order valence-corrected chi connectivity index (χ2v) is 7.42. The van der Waals surface area contributed by atoms with Gasteiger partial charge in [-0.05, 0) is 44.2 Å². The molecule has 1 N–H and O–H groups in total. The summed E-state index contributed by atoms with van der Waals surface area (Å²) < 4.78 is 11.3. The maximum Gasteiger partial charge on any atom is 0.128 e. The molecule has 0 unspecified atom stereocenters. The van der Waals surface area contributed by atoms with Crippen LogP contribution in [0.2, 0.25) is 0 Å². The molecule has 0 radical (unpaired) electrons. The third-order valence-electron chi connectivity index (χ3n) is 4.19. The van der Waals surface area contributed by atoms with Gasteiger partial charge < -0.3 is 10.2 Å². The van der Waals surface area contributed by atoms with Gasteiger partial charge in [0, 0.05) is 41.4 Å². The molecule has 1 aromatic rings. The Morgan fingerprint density at radius 3 is 2.55 bits per heavy atom. The number of hydrogen-bond acceptors (Lipinski definition) is 4. The van der Waals surface area contributed by atoms with E-state index in [2.05, 4.69) is 27.3 Å². The van der Waals surface area contributed by atoms with Crippen molar-refractivity contribution in [3.63, 3.8) is 0 Å². The Bertz CT molecular complexity index is 447. The summed E-state index contributed by atoms with van der Waals surface area (Å²) in [5.74, 6) is 2.76. The van der Waals surface area contributed by atoms with Gasteiger partial charge in [0.2, 0.25) is 0 Å². The van der Waals surface area contributed by atoms with Gasteiger partial charge in [0.05, 0.1) is 11.9 Å². The third-order valence-corrected chi connectivity index (χ3v) is 5.57. The highest BCUT2D eigenvalue weighted by Gasteiger charge is 2.18. The summed E-state index contributed by atoms with van der Waals surface area (Å²) in [6, 6.07) is 4.70. The van der Waals surface area contributed by atoms with Crippen LogP contribution in [0.4, 0.5) is 11.5 Å². The maximum absolute atomic E-state index is 11.3. The van der Waals surface area contributed by atoms with Gasteiger partial charge in [-0.15, -0.1) is 0 Å². The molecule has 1 aromatic heterocycles. The Morgan fingerprint density at radius 2 is 1.90 bits per heavy atom. The van der Waals surface area contributed by atoms with E-state index in [1.807, 2.05) is 6.20 Å². The normalized spacial score (nSPS) is 27.3. The van der Waals surface area contributed by atoms with Crippen molar-refractivity contribution in [1.29, 1.82) is 0 Å². The first kappa shape index (κ1) is 13.9. The van der Waals surface area contributed by atoms with Crippen molar-refractivity contribution >= 4 is 22.3 Å². The first-order valence-electron chi connectivity index (χ1n) is 7.64. The van der Waals surface area contributed by atoms with Crippen LogP contribution in [-0.4, -0.2) is 39.8 Å². The molecule has 3 heterocycles. The number of nitrogens with one attached hydrogen (secondary N) is 1. The van der Waals surface area contributed by atoms with E-state index in [9.17, 15) is 4.21 Å². The molecule has 0 aromatic carbocycles. The molecular weight excluding hydrogens is 270 g/mol. The van der Waals surface area contributed by atoms with Gasteiger partial charge in [-0.1, -0.05) is 0 Å². The topological polar surface area (TPSA) is 45.2 Å². The number of piperidine rings is 1. The van der Waals surface area contributed by atoms with Gasteiger partial charge in [0.1, 0.15) is 5.82 Å². The van der Waals surface area contributed by atoms with Crippen LogP contribution in [0.1, 0.15) is 32.1 Å². The van der Waals surface area contributed by atoms with Gasteiger partial charge in [-0.3, -0.25) is 4.21 Å². The number of hydrogen-bond donors (Lipinski definition) is 1. The van der Waals surface area contributed by atoms with Crippen LogP contribution in [0.25, 0.3) is 0 Å². The second-order valence-electron chi connectivity index (χ2n) is 5.72. The fraction of sp³-hybridized carbons (Fsp3) is 0.667. The third kappa shape index (κ3) is 3.51. The standard InChI is InChI=1S/C15H23N3OS/c19-20-10-6-13(7-11-20)17-14-4-5-15(16-12-14)18-8-2-1-3-9-18/h4-5,12-13,17H,1-3,6-11H2.